The van der Waals surface area contributed by atoms with Crippen LogP contribution in [0.4, 0.5) is 5.69 Å². The van der Waals surface area contributed by atoms with Crippen molar-refractivity contribution in [3.63, 3.8) is 0 Å². The normalized spacial score (nSPS) is 18.7. The van der Waals surface area contributed by atoms with E-state index in [0.29, 0.717) is 10.7 Å². The van der Waals surface area contributed by atoms with Crippen LogP contribution in [0.1, 0.15) is 27.9 Å². The molecular weight excluding hydrogens is 320 g/mol. The van der Waals surface area contributed by atoms with E-state index in [1.807, 2.05) is 50.2 Å². The summed E-state index contributed by atoms with van der Waals surface area (Å²) in [5.41, 5.74) is 3.68. The van der Waals surface area contributed by atoms with Crippen LogP contribution in [0.25, 0.3) is 0 Å². The van der Waals surface area contributed by atoms with Gasteiger partial charge < -0.3 is 5.32 Å². The number of carbonyl (C=O) groups is 2. The summed E-state index contributed by atoms with van der Waals surface area (Å²) in [5.74, 6) is -0.189. The standard InChI is InChI=1S/C19H18N2O2S/c1-12-3-7-14(8-4-12)16(22)11-17-18(23)21-19(24-17)20-15-9-5-13(2)6-10-15/h3-10,17H,11H2,1-2H3,(H,20,21,23). The zero-order chi connectivity index (χ0) is 17.1. The molecule has 0 aliphatic carbocycles. The Hall–Kier alpha value is -2.40. The summed E-state index contributed by atoms with van der Waals surface area (Å²) in [6.07, 6.45) is 0.173. The molecule has 5 heteroatoms. The molecule has 1 atom stereocenters. The molecule has 0 saturated carbocycles. The number of carbonyl (C=O) groups excluding carboxylic acids is 2. The number of hydrogen-bond acceptors (Lipinski definition) is 4. The molecule has 0 bridgehead atoms. The minimum Gasteiger partial charge on any atom is -0.304 e. The van der Waals surface area contributed by atoms with Crippen LogP contribution >= 0.6 is 11.8 Å². The average molecular weight is 338 g/mol. The van der Waals surface area contributed by atoms with Crippen molar-refractivity contribution >= 4 is 34.3 Å². The maximum absolute atomic E-state index is 12.3. The third-order valence-corrected chi connectivity index (χ3v) is 4.87. The number of amidine groups is 1. The van der Waals surface area contributed by atoms with E-state index in [1.54, 1.807) is 12.1 Å². The minimum absolute atomic E-state index is 0.0285. The molecule has 122 valence electrons. The Kier molecular flexibility index (Phi) is 4.81. The number of rotatable bonds is 4. The van der Waals surface area contributed by atoms with Crippen LogP contribution in [-0.4, -0.2) is 22.1 Å². The number of benzene rings is 2. The van der Waals surface area contributed by atoms with E-state index in [1.165, 1.54) is 11.8 Å². The van der Waals surface area contributed by atoms with Gasteiger partial charge in [0.05, 0.1) is 10.9 Å². The Bertz CT molecular complexity index is 795. The van der Waals surface area contributed by atoms with Crippen molar-refractivity contribution in [3.8, 4) is 0 Å². The zero-order valence-electron chi connectivity index (χ0n) is 13.6. The van der Waals surface area contributed by atoms with Gasteiger partial charge in [-0.05, 0) is 26.0 Å². The van der Waals surface area contributed by atoms with E-state index >= 15 is 0 Å². The molecule has 1 amide bonds. The highest BCUT2D eigenvalue weighted by atomic mass is 32.2. The highest BCUT2D eigenvalue weighted by Gasteiger charge is 2.32. The van der Waals surface area contributed by atoms with Gasteiger partial charge in [0.25, 0.3) is 0 Å². The molecule has 2 aromatic carbocycles. The molecule has 2 aromatic rings. The number of Topliss-reactive ketones (excluding diaryl/α,β-unsaturated/α-hetero) is 1. The van der Waals surface area contributed by atoms with Crippen molar-refractivity contribution in [1.29, 1.82) is 0 Å². The minimum atomic E-state index is -0.428. The number of amides is 1. The van der Waals surface area contributed by atoms with Gasteiger partial charge in [-0.2, -0.15) is 0 Å². The van der Waals surface area contributed by atoms with E-state index in [-0.39, 0.29) is 18.1 Å². The molecule has 1 aliphatic heterocycles. The van der Waals surface area contributed by atoms with Gasteiger partial charge in [0, 0.05) is 12.0 Å². The Morgan fingerprint density at radius 1 is 1.04 bits per heavy atom. The molecule has 1 N–H and O–H groups in total. The van der Waals surface area contributed by atoms with Crippen LogP contribution in [0.15, 0.2) is 53.5 Å². The molecule has 1 heterocycles. The maximum Gasteiger partial charge on any atom is 0.240 e. The van der Waals surface area contributed by atoms with E-state index < -0.39 is 5.25 Å². The first-order valence-electron chi connectivity index (χ1n) is 7.74. The number of aliphatic imine (C=N–C) groups is 1. The van der Waals surface area contributed by atoms with Crippen molar-refractivity contribution in [2.75, 3.05) is 0 Å². The summed E-state index contributed by atoms with van der Waals surface area (Å²) in [5, 5.41) is 2.87. The molecule has 3 rings (SSSR count). The highest BCUT2D eigenvalue weighted by Crippen LogP contribution is 2.26. The highest BCUT2D eigenvalue weighted by molar-refractivity contribution is 8.15. The van der Waals surface area contributed by atoms with Crippen LogP contribution in [0.3, 0.4) is 0 Å². The predicted octanol–water partition coefficient (Wildman–Crippen LogP) is 3.80. The number of ketones is 1. The molecule has 0 spiro atoms. The Labute approximate surface area is 145 Å². The van der Waals surface area contributed by atoms with Crippen LogP contribution in [0, 0.1) is 13.8 Å². The van der Waals surface area contributed by atoms with Crippen molar-refractivity contribution in [3.05, 3.63) is 65.2 Å². The van der Waals surface area contributed by atoms with Crippen molar-refractivity contribution in [1.82, 2.24) is 5.32 Å². The summed E-state index contributed by atoms with van der Waals surface area (Å²) < 4.78 is 0. The third-order valence-electron chi connectivity index (χ3n) is 3.79. The van der Waals surface area contributed by atoms with Crippen LogP contribution in [-0.2, 0) is 4.79 Å². The van der Waals surface area contributed by atoms with Gasteiger partial charge in [0.15, 0.2) is 11.0 Å². The second-order valence-corrected chi connectivity index (χ2v) is 7.03. The summed E-state index contributed by atoms with van der Waals surface area (Å²) in [6.45, 7) is 3.98. The molecule has 1 saturated heterocycles. The monoisotopic (exact) mass is 338 g/mol. The average Bonchev–Trinajstić information content (AvgIpc) is 2.89. The van der Waals surface area contributed by atoms with E-state index in [4.69, 9.17) is 0 Å². The van der Waals surface area contributed by atoms with Gasteiger partial charge >= 0.3 is 0 Å². The third kappa shape index (κ3) is 3.92. The largest absolute Gasteiger partial charge is 0.304 e. The topological polar surface area (TPSA) is 58.5 Å². The van der Waals surface area contributed by atoms with Crippen molar-refractivity contribution in [2.45, 2.75) is 25.5 Å². The molecule has 1 aliphatic rings. The lowest BCUT2D eigenvalue weighted by molar-refractivity contribution is -0.118. The van der Waals surface area contributed by atoms with Gasteiger partial charge in [-0.1, -0.05) is 59.3 Å². The SMILES string of the molecule is Cc1ccc(N=C2NC(=O)C(CC(=O)c3ccc(C)cc3)S2)cc1. The number of nitrogens with zero attached hydrogens (tertiary/aromatic N) is 1. The number of nitrogens with one attached hydrogen (secondary N) is 1. The predicted molar refractivity (Wildman–Crippen MR) is 97.9 cm³/mol. The quantitative estimate of drug-likeness (QED) is 0.863. The fourth-order valence-electron chi connectivity index (χ4n) is 2.35. The first-order valence-corrected chi connectivity index (χ1v) is 8.62. The summed E-state index contributed by atoms with van der Waals surface area (Å²) in [7, 11) is 0. The fraction of sp³-hybridized carbons (Fsp3) is 0.211. The number of aryl methyl sites for hydroxylation is 2. The first-order chi connectivity index (χ1) is 11.5. The second-order valence-electron chi connectivity index (χ2n) is 5.84. The lowest BCUT2D eigenvalue weighted by Gasteiger charge is -2.05. The smallest absolute Gasteiger partial charge is 0.240 e. The Balaban J connectivity index is 1.67. The summed E-state index contributed by atoms with van der Waals surface area (Å²) >= 11 is 1.31. The first kappa shape index (κ1) is 16.5. The Morgan fingerprint density at radius 3 is 2.25 bits per heavy atom. The molecule has 0 radical (unpaired) electrons. The van der Waals surface area contributed by atoms with Gasteiger partial charge in [-0.3, -0.25) is 9.59 Å². The second kappa shape index (κ2) is 7.01. The molecule has 1 unspecified atom stereocenters. The van der Waals surface area contributed by atoms with Crippen LogP contribution in [0.5, 0.6) is 0 Å². The van der Waals surface area contributed by atoms with Crippen LogP contribution in [0.2, 0.25) is 0 Å². The van der Waals surface area contributed by atoms with E-state index in [2.05, 4.69) is 10.3 Å². The Morgan fingerprint density at radius 2 is 1.62 bits per heavy atom. The molecular formula is C19H18N2O2S. The van der Waals surface area contributed by atoms with E-state index in [0.717, 1.165) is 16.8 Å². The molecule has 4 nitrogen and oxygen atoms in total. The fourth-order valence-corrected chi connectivity index (χ4v) is 3.34. The molecule has 0 aromatic heterocycles. The number of thioether (sulfide) groups is 1. The van der Waals surface area contributed by atoms with Gasteiger partial charge in [-0.15, -0.1) is 0 Å². The zero-order valence-corrected chi connectivity index (χ0v) is 14.4. The summed E-state index contributed by atoms with van der Waals surface area (Å²) in [6, 6.07) is 15.2. The molecule has 24 heavy (non-hydrogen) atoms. The summed E-state index contributed by atoms with van der Waals surface area (Å²) in [4.78, 5) is 28.8. The van der Waals surface area contributed by atoms with Gasteiger partial charge in [0.1, 0.15) is 0 Å². The van der Waals surface area contributed by atoms with E-state index in [9.17, 15) is 9.59 Å². The number of hydrogen-bond donors (Lipinski definition) is 1. The van der Waals surface area contributed by atoms with Gasteiger partial charge in [0.2, 0.25) is 5.91 Å². The van der Waals surface area contributed by atoms with Gasteiger partial charge in [-0.25, -0.2) is 4.99 Å². The van der Waals surface area contributed by atoms with Crippen molar-refractivity contribution < 1.29 is 9.59 Å². The molecule has 1 fully saturated rings. The lowest BCUT2D eigenvalue weighted by Crippen LogP contribution is -2.26. The lowest BCUT2D eigenvalue weighted by atomic mass is 10.0. The maximum atomic E-state index is 12.3. The van der Waals surface area contributed by atoms with Crippen molar-refractivity contribution in [2.24, 2.45) is 4.99 Å². The van der Waals surface area contributed by atoms with Crippen LogP contribution < -0.4 is 5.32 Å².